The van der Waals surface area contributed by atoms with Crippen LogP contribution in [0.15, 0.2) is 137 Å². The van der Waals surface area contributed by atoms with Crippen molar-refractivity contribution in [1.29, 1.82) is 0 Å². The molecule has 5 aromatic rings. The van der Waals surface area contributed by atoms with E-state index in [9.17, 15) is 9.59 Å². The third-order valence-corrected chi connectivity index (χ3v) is 13.0. The molecule has 7 rings (SSSR count). The smallest absolute Gasteiger partial charge is 0.197 e. The second-order valence-electron chi connectivity index (χ2n) is 13.8. The molecule has 0 amide bonds. The number of rotatable bonds is 6. The van der Waals surface area contributed by atoms with Crippen molar-refractivity contribution in [3.05, 3.63) is 154 Å². The lowest BCUT2D eigenvalue weighted by molar-refractivity contribution is 0.0990. The number of fused-ring (bicyclic) bond motifs is 4. The summed E-state index contributed by atoms with van der Waals surface area (Å²) in [5, 5.41) is 4.12. The number of carbonyl (C=O) groups is 2. The highest BCUT2D eigenvalue weighted by Crippen LogP contribution is 2.64. The van der Waals surface area contributed by atoms with Crippen LogP contribution in [0.5, 0.6) is 0 Å². The Morgan fingerprint density at radius 3 is 2.02 bits per heavy atom. The molecule has 0 spiro atoms. The summed E-state index contributed by atoms with van der Waals surface area (Å²) < 4.78 is 0. The maximum atomic E-state index is 13.5. The predicted octanol–water partition coefficient (Wildman–Crippen LogP) is 11.7. The van der Waals surface area contributed by atoms with E-state index >= 15 is 0 Å². The van der Waals surface area contributed by atoms with Gasteiger partial charge in [0.2, 0.25) is 0 Å². The van der Waals surface area contributed by atoms with E-state index in [1.54, 1.807) is 6.08 Å². The summed E-state index contributed by atoms with van der Waals surface area (Å²) in [6.45, 7) is 8.86. The van der Waals surface area contributed by atoms with Gasteiger partial charge in [-0.15, -0.1) is 0 Å². The molecule has 0 aromatic heterocycles. The van der Waals surface area contributed by atoms with Crippen molar-refractivity contribution in [3.63, 3.8) is 0 Å². The van der Waals surface area contributed by atoms with Gasteiger partial charge in [0.1, 0.15) is 0 Å². The van der Waals surface area contributed by atoms with Crippen LogP contribution < -0.4 is 4.90 Å². The maximum absolute atomic E-state index is 13.5. The van der Waals surface area contributed by atoms with Crippen molar-refractivity contribution < 1.29 is 9.59 Å². The van der Waals surface area contributed by atoms with Crippen LogP contribution in [-0.4, -0.2) is 24.1 Å². The molecule has 0 unspecified atom stereocenters. The molecular weight excluding hydrogens is 607 g/mol. The van der Waals surface area contributed by atoms with Crippen LogP contribution in [-0.2, 0) is 5.41 Å². The largest absolute Gasteiger partial charge is 0.315 e. The lowest BCUT2D eigenvalue weighted by Gasteiger charge is -2.42. The lowest BCUT2D eigenvalue weighted by Crippen LogP contribution is -2.20. The van der Waals surface area contributed by atoms with Crippen molar-refractivity contribution in [3.8, 4) is 0 Å². The van der Waals surface area contributed by atoms with Gasteiger partial charge in [0.05, 0.1) is 11.3 Å². The molecule has 0 N–H and O–H groups in total. The molecule has 48 heavy (non-hydrogen) atoms. The molecule has 0 fully saturated rings. The van der Waals surface area contributed by atoms with E-state index in [1.165, 1.54) is 21.1 Å². The highest BCUT2D eigenvalue weighted by atomic mass is 32.3. The summed E-state index contributed by atoms with van der Waals surface area (Å²) in [7, 11) is -1.36. The zero-order chi connectivity index (χ0) is 33.8. The van der Waals surface area contributed by atoms with Crippen molar-refractivity contribution >= 4 is 60.6 Å². The average Bonchev–Trinajstić information content (AvgIpc) is 3.31. The van der Waals surface area contributed by atoms with Crippen LogP contribution in [0.4, 0.5) is 11.4 Å². The van der Waals surface area contributed by atoms with E-state index in [2.05, 4.69) is 111 Å². The summed E-state index contributed by atoms with van der Waals surface area (Å²) >= 11 is 0. The van der Waals surface area contributed by atoms with Gasteiger partial charge in [0.15, 0.2) is 11.6 Å². The van der Waals surface area contributed by atoms with Crippen molar-refractivity contribution in [1.82, 2.24) is 0 Å². The first-order valence-corrected chi connectivity index (χ1v) is 19.0. The summed E-state index contributed by atoms with van der Waals surface area (Å²) in [6, 6.07) is 31.4. The summed E-state index contributed by atoms with van der Waals surface area (Å²) in [5.41, 5.74) is 5.81. The fourth-order valence-electron chi connectivity index (χ4n) is 6.70. The Bertz CT molecular complexity index is 2210. The van der Waals surface area contributed by atoms with Gasteiger partial charge in [0, 0.05) is 32.8 Å². The number of nitrogens with zero attached hydrogens (tertiary/aromatic N) is 1. The minimum atomic E-state index is -1.36. The van der Waals surface area contributed by atoms with Crippen LogP contribution in [0.1, 0.15) is 66.0 Å². The lowest BCUT2D eigenvalue weighted by atomic mass is 9.82. The molecule has 1 aliphatic carbocycles. The molecule has 1 heterocycles. The van der Waals surface area contributed by atoms with Crippen LogP contribution >= 0.6 is 10.0 Å². The molecule has 3 nitrogen and oxygen atoms in total. The van der Waals surface area contributed by atoms with E-state index in [0.29, 0.717) is 11.1 Å². The van der Waals surface area contributed by atoms with E-state index in [-0.39, 0.29) is 22.6 Å². The van der Waals surface area contributed by atoms with Gasteiger partial charge in [-0.2, -0.15) is 10.0 Å². The number of allylic oxidation sites excluding steroid dienone is 5. The molecule has 4 heteroatoms. The first-order chi connectivity index (χ1) is 23.0. The molecule has 0 saturated heterocycles. The van der Waals surface area contributed by atoms with Crippen LogP contribution in [0.2, 0.25) is 0 Å². The Balaban J connectivity index is 1.32. The number of hydrogen-bond donors (Lipinski definition) is 0. The van der Waals surface area contributed by atoms with Crippen molar-refractivity contribution in [2.24, 2.45) is 0 Å². The molecule has 0 bridgehead atoms. The number of Topliss-reactive ketones (excluding diaryl/α,β-unsaturated/α-hetero) is 2. The summed E-state index contributed by atoms with van der Waals surface area (Å²) in [4.78, 5) is 31.9. The maximum Gasteiger partial charge on any atom is 0.197 e. The topological polar surface area (TPSA) is 37.4 Å². The fraction of sp³-hybridized carbons (Fsp3) is 0.182. The van der Waals surface area contributed by atoms with Gasteiger partial charge in [-0.1, -0.05) is 87.5 Å². The molecule has 0 saturated carbocycles. The minimum absolute atomic E-state index is 0.120. The number of carbonyl (C=O) groups excluding carboxylic acids is 2. The molecular formula is C44H41NO2S. The second kappa shape index (κ2) is 11.9. The van der Waals surface area contributed by atoms with E-state index in [4.69, 9.17) is 0 Å². The third kappa shape index (κ3) is 5.35. The second-order valence-corrected chi connectivity index (χ2v) is 17.4. The highest BCUT2D eigenvalue weighted by molar-refractivity contribution is 8.36. The highest BCUT2D eigenvalue weighted by Gasteiger charge is 2.34. The van der Waals surface area contributed by atoms with Crippen LogP contribution in [0.3, 0.4) is 0 Å². The molecule has 0 radical (unpaired) electrons. The number of hydrogen-bond acceptors (Lipinski definition) is 3. The Hall–Kier alpha value is -4.93. The summed E-state index contributed by atoms with van der Waals surface area (Å²) in [6.07, 6.45) is 18.4. The van der Waals surface area contributed by atoms with Gasteiger partial charge in [0.25, 0.3) is 0 Å². The van der Waals surface area contributed by atoms with E-state index in [1.807, 2.05) is 55.5 Å². The third-order valence-electron chi connectivity index (χ3n) is 10.1. The Morgan fingerprint density at radius 1 is 0.750 bits per heavy atom. The molecule has 1 aliphatic heterocycles. The van der Waals surface area contributed by atoms with E-state index in [0.717, 1.165) is 39.2 Å². The SMILES string of the molecule is C/C=C\C=C/C1=CN(c2ccc(C(C)(C)CC)cc2)c2cc3ccc(C=C4C(=O)c5cc6ccccc6cc5C4=O)cc3cc2S1(C)C. The van der Waals surface area contributed by atoms with Crippen LogP contribution in [0, 0.1) is 0 Å². The molecule has 240 valence electrons. The zero-order valence-corrected chi connectivity index (χ0v) is 29.3. The monoisotopic (exact) mass is 647 g/mol. The van der Waals surface area contributed by atoms with Crippen molar-refractivity contribution in [2.75, 3.05) is 17.4 Å². The quantitative estimate of drug-likeness (QED) is 0.105. The summed E-state index contributed by atoms with van der Waals surface area (Å²) in [5.74, 6) is -0.410. The fourth-order valence-corrected chi connectivity index (χ4v) is 8.84. The Labute approximate surface area is 285 Å². The number of benzene rings is 5. The molecule has 5 aromatic carbocycles. The first-order valence-electron chi connectivity index (χ1n) is 16.6. The normalized spacial score (nSPS) is 16.6. The first kappa shape index (κ1) is 31.7. The van der Waals surface area contributed by atoms with Gasteiger partial charge in [-0.3, -0.25) is 9.59 Å². The Morgan fingerprint density at radius 2 is 1.40 bits per heavy atom. The van der Waals surface area contributed by atoms with Gasteiger partial charge < -0.3 is 4.90 Å². The van der Waals surface area contributed by atoms with Crippen molar-refractivity contribution in [2.45, 2.75) is 44.4 Å². The number of anilines is 2. The van der Waals surface area contributed by atoms with Gasteiger partial charge in [-0.05, 0) is 119 Å². The standard InChI is InChI=1S/C44H41NO2S/c1-7-9-10-15-36-28-45(35-20-18-34(19-21-35)44(3,4)8-2)40-26-32-17-16-29(22-33(32)27-41(40)48(36,5)6)23-39-42(46)37-24-30-13-11-12-14-31(30)25-38(37)43(39)47/h7,9-28H,8H2,1-6H3/b9-7-,15-10-. The molecule has 2 aliphatic rings. The van der Waals surface area contributed by atoms with Crippen LogP contribution in [0.25, 0.3) is 27.6 Å². The minimum Gasteiger partial charge on any atom is -0.315 e. The predicted molar refractivity (Wildman–Crippen MR) is 206 cm³/mol. The van der Waals surface area contributed by atoms with Gasteiger partial charge >= 0.3 is 0 Å². The van der Waals surface area contributed by atoms with E-state index < -0.39 is 10.0 Å². The average molecular weight is 648 g/mol. The van der Waals surface area contributed by atoms with Gasteiger partial charge in [-0.25, -0.2) is 0 Å². The Kier molecular flexibility index (Phi) is 7.88. The number of ketones is 2. The molecule has 0 atom stereocenters. The zero-order valence-electron chi connectivity index (χ0n) is 28.5.